The van der Waals surface area contributed by atoms with Crippen molar-refractivity contribution in [2.45, 2.75) is 13.8 Å². The van der Waals surface area contributed by atoms with Gasteiger partial charge in [0.05, 0.1) is 14.4 Å². The molecule has 0 radical (unpaired) electrons. The van der Waals surface area contributed by atoms with E-state index in [1.54, 1.807) is 23.5 Å². The first-order valence-electron chi connectivity index (χ1n) is 9.20. The molecule has 0 saturated carbocycles. The maximum absolute atomic E-state index is 9.96. The second kappa shape index (κ2) is 17.1. The summed E-state index contributed by atoms with van der Waals surface area (Å²) in [6, 6.07) is 15.1. The summed E-state index contributed by atoms with van der Waals surface area (Å²) in [5, 5.41) is 3.03. The SMILES string of the molecule is CC(=O)CCl.Cc1csc(-c2ccccc2N)n1.NC(=S)c1ccccc1N.O.[2H]CF. The molecule has 0 saturated heterocycles. The fourth-order valence-electron chi connectivity index (χ4n) is 1.89. The molecule has 0 fully saturated rings. The summed E-state index contributed by atoms with van der Waals surface area (Å²) >= 11 is 11.4. The molecule has 0 spiro atoms. The lowest BCUT2D eigenvalue weighted by Crippen LogP contribution is -2.11. The van der Waals surface area contributed by atoms with E-state index in [9.17, 15) is 9.18 Å². The van der Waals surface area contributed by atoms with Crippen LogP contribution >= 0.6 is 35.2 Å². The zero-order chi connectivity index (χ0) is 23.8. The average molecular weight is 488 g/mol. The van der Waals surface area contributed by atoms with Crippen LogP contribution in [0.5, 0.6) is 0 Å². The van der Waals surface area contributed by atoms with Crippen molar-refractivity contribution in [1.29, 1.82) is 0 Å². The standard InChI is InChI=1S/C10H10N2S.C7H8N2S.C3H5ClO.CH3F.H2O/c1-7-6-13-10(12-7)8-4-2-3-5-9(8)11;8-6-4-2-1-3-5(6)7(9)10;1-3(5)2-4;1-2;/h2-6H,11H2,1H3;1-4H,8H2,(H2,9,10);2H2,1H3;1H3;1H2/i;;;1D;. The van der Waals surface area contributed by atoms with Crippen molar-refractivity contribution in [1.82, 2.24) is 4.98 Å². The predicted octanol–water partition coefficient (Wildman–Crippen LogP) is 4.18. The van der Waals surface area contributed by atoms with Gasteiger partial charge in [-0.3, -0.25) is 9.18 Å². The normalized spacial score (nSPS) is 9.10. The first-order chi connectivity index (χ1) is 14.7. The molecule has 0 atom stereocenters. The topological polar surface area (TPSA) is 140 Å². The number of hydrogen-bond donors (Lipinski definition) is 3. The Morgan fingerprint density at radius 1 is 1.19 bits per heavy atom. The van der Waals surface area contributed by atoms with Crippen molar-refractivity contribution in [3.63, 3.8) is 0 Å². The van der Waals surface area contributed by atoms with Gasteiger partial charge in [-0.15, -0.1) is 22.9 Å². The van der Waals surface area contributed by atoms with Gasteiger partial charge in [-0.2, -0.15) is 0 Å². The summed E-state index contributed by atoms with van der Waals surface area (Å²) in [5.41, 5.74) is 21.0. The highest BCUT2D eigenvalue weighted by Crippen LogP contribution is 2.27. The zero-order valence-electron chi connectivity index (χ0n) is 18.3. The number of rotatable bonds is 3. The number of Topliss-reactive ketones (excluding diaryl/α,β-unsaturated/α-hetero) is 1. The number of thiazole rings is 1. The lowest BCUT2D eigenvalue weighted by molar-refractivity contribution is -0.114. The molecule has 3 aromatic rings. The Morgan fingerprint density at radius 2 is 1.68 bits per heavy atom. The lowest BCUT2D eigenvalue weighted by atomic mass is 10.2. The number of carbonyl (C=O) groups excluding carboxylic acids is 1. The molecule has 8 N–H and O–H groups in total. The molecule has 0 bridgehead atoms. The van der Waals surface area contributed by atoms with Crippen LogP contribution in [-0.4, -0.2) is 34.3 Å². The van der Waals surface area contributed by atoms with Crippen molar-refractivity contribution >= 4 is 57.3 Å². The van der Waals surface area contributed by atoms with Crippen molar-refractivity contribution < 1.29 is 16.0 Å². The zero-order valence-corrected chi connectivity index (χ0v) is 19.7. The van der Waals surface area contributed by atoms with Gasteiger partial charge in [-0.1, -0.05) is 36.5 Å². The van der Waals surface area contributed by atoms with E-state index < -0.39 is 7.15 Å². The first-order valence-corrected chi connectivity index (χ1v) is 10.3. The second-order valence-corrected chi connectivity index (χ2v) is 7.23. The van der Waals surface area contributed by atoms with Crippen LogP contribution in [0.15, 0.2) is 53.9 Å². The van der Waals surface area contributed by atoms with Crippen molar-refractivity contribution in [3.05, 3.63) is 65.2 Å². The molecule has 31 heavy (non-hydrogen) atoms. The van der Waals surface area contributed by atoms with Gasteiger partial charge < -0.3 is 22.7 Å². The van der Waals surface area contributed by atoms with Gasteiger partial charge in [-0.25, -0.2) is 4.98 Å². The van der Waals surface area contributed by atoms with Crippen molar-refractivity contribution in [2.24, 2.45) is 5.73 Å². The number of halogens is 2. The molecule has 0 amide bonds. The van der Waals surface area contributed by atoms with E-state index in [0.717, 1.165) is 27.5 Å². The number of alkyl halides is 2. The van der Waals surface area contributed by atoms with Crippen LogP contribution in [0, 0.1) is 6.92 Å². The molecule has 0 aliphatic rings. The minimum absolute atomic E-state index is 0. The fourth-order valence-corrected chi connectivity index (χ4v) is 2.92. The van der Waals surface area contributed by atoms with Gasteiger partial charge in [0, 0.05) is 33.6 Å². The van der Waals surface area contributed by atoms with E-state index in [0.29, 0.717) is 10.7 Å². The Bertz CT molecular complexity index is 961. The fraction of sp³-hybridized carbons (Fsp3) is 0.190. The van der Waals surface area contributed by atoms with Gasteiger partial charge in [0.1, 0.15) is 15.8 Å². The van der Waals surface area contributed by atoms with Gasteiger partial charge in [-0.05, 0) is 38.1 Å². The van der Waals surface area contributed by atoms with E-state index in [1.807, 2.05) is 48.7 Å². The number of nitrogens with zero attached hydrogens (tertiary/aromatic N) is 1. The van der Waals surface area contributed by atoms with E-state index in [1.165, 1.54) is 6.92 Å². The average Bonchev–Trinajstić information content (AvgIpc) is 3.16. The number of anilines is 2. The summed E-state index contributed by atoms with van der Waals surface area (Å²) < 4.78 is 15.5. The summed E-state index contributed by atoms with van der Waals surface area (Å²) in [5.74, 6) is 0.159. The maximum atomic E-state index is 9.96. The van der Waals surface area contributed by atoms with Crippen molar-refractivity contribution in [2.75, 3.05) is 24.5 Å². The Morgan fingerprint density at radius 3 is 2.03 bits per heavy atom. The van der Waals surface area contributed by atoms with Gasteiger partial charge >= 0.3 is 0 Å². The third kappa shape index (κ3) is 12.0. The Balaban J connectivity index is 0. The van der Waals surface area contributed by atoms with Gasteiger partial charge in [0.25, 0.3) is 0 Å². The largest absolute Gasteiger partial charge is 0.412 e. The third-order valence-electron chi connectivity index (χ3n) is 3.22. The molecule has 1 heterocycles. The number of aromatic nitrogens is 1. The van der Waals surface area contributed by atoms with Gasteiger partial charge in [0.15, 0.2) is 0 Å². The number of aryl methyl sites for hydroxylation is 1. The van der Waals surface area contributed by atoms with Crippen molar-refractivity contribution in [3.8, 4) is 10.6 Å². The highest BCUT2D eigenvalue weighted by molar-refractivity contribution is 7.80. The molecule has 10 heteroatoms. The molecule has 0 aliphatic heterocycles. The van der Waals surface area contributed by atoms with E-state index in [2.05, 4.69) is 4.98 Å². The van der Waals surface area contributed by atoms with Crippen LogP contribution in [0.25, 0.3) is 10.6 Å². The number of nitrogens with two attached hydrogens (primary N) is 3. The van der Waals surface area contributed by atoms with Crippen LogP contribution in [0.2, 0.25) is 0 Å². The molecule has 6 nitrogen and oxygen atoms in total. The van der Waals surface area contributed by atoms with Crippen LogP contribution in [-0.2, 0) is 4.79 Å². The minimum atomic E-state index is -1.00. The minimum Gasteiger partial charge on any atom is -0.412 e. The summed E-state index contributed by atoms with van der Waals surface area (Å²) in [4.78, 5) is 14.4. The number of nitrogen functional groups attached to an aromatic ring is 2. The van der Waals surface area contributed by atoms with Crippen LogP contribution < -0.4 is 17.2 Å². The quantitative estimate of drug-likeness (QED) is 0.287. The maximum Gasteiger partial charge on any atom is 0.144 e. The third-order valence-corrected chi connectivity index (χ3v) is 4.81. The second-order valence-electron chi connectivity index (χ2n) is 5.67. The van der Waals surface area contributed by atoms with Gasteiger partial charge in [0.2, 0.25) is 0 Å². The van der Waals surface area contributed by atoms with Crippen LogP contribution in [0.3, 0.4) is 0 Å². The summed E-state index contributed by atoms with van der Waals surface area (Å²) in [6.45, 7) is 3.44. The Hall–Kier alpha value is -2.59. The number of para-hydroxylation sites is 2. The van der Waals surface area contributed by atoms with E-state index >= 15 is 0 Å². The number of benzene rings is 2. The number of hydrogen-bond acceptors (Lipinski definition) is 6. The molecule has 3 rings (SSSR count). The molecule has 2 aromatic carbocycles. The van der Waals surface area contributed by atoms with E-state index in [4.69, 9.17) is 42.4 Å². The van der Waals surface area contributed by atoms with Crippen LogP contribution in [0.1, 0.15) is 19.6 Å². The van der Waals surface area contributed by atoms with Crippen LogP contribution in [0.4, 0.5) is 15.8 Å². The predicted molar refractivity (Wildman–Crippen MR) is 135 cm³/mol. The lowest BCUT2D eigenvalue weighted by Gasteiger charge is -2.00. The summed E-state index contributed by atoms with van der Waals surface area (Å²) in [6.07, 6.45) is 0. The summed E-state index contributed by atoms with van der Waals surface area (Å²) in [7, 11) is -1.00. The smallest absolute Gasteiger partial charge is 0.144 e. The Labute approximate surface area is 198 Å². The highest BCUT2D eigenvalue weighted by atomic mass is 35.5. The molecular formula is C21H28ClFN4O2S2. The highest BCUT2D eigenvalue weighted by Gasteiger charge is 2.04. The molecule has 1 aromatic heterocycles. The number of thiocarbonyl (C=S) groups is 1. The first kappa shape index (κ1) is 28.4. The number of ketones is 1. The monoisotopic (exact) mass is 487 g/mol. The molecule has 0 aliphatic carbocycles. The molecular weight excluding hydrogens is 459 g/mol. The van der Waals surface area contributed by atoms with E-state index in [-0.39, 0.29) is 17.1 Å². The Kier molecular flexibility index (Phi) is 15.7. The number of carbonyl (C=O) groups is 1. The molecule has 0 unspecified atom stereocenters. The molecule has 170 valence electrons.